The number of amides is 1. The van der Waals surface area contributed by atoms with E-state index in [1.165, 1.54) is 30.3 Å². The average molecular weight is 409 g/mol. The zero-order chi connectivity index (χ0) is 19.0. The molecular formula is C16H20N6O3S2. The lowest BCUT2D eigenvalue weighted by Crippen LogP contribution is -2.48. The van der Waals surface area contributed by atoms with Gasteiger partial charge in [-0.25, -0.2) is 13.4 Å². The second-order valence-electron chi connectivity index (χ2n) is 6.65. The molecule has 0 atom stereocenters. The average Bonchev–Trinajstić information content (AvgIpc) is 3.40. The van der Waals surface area contributed by atoms with Gasteiger partial charge in [0.2, 0.25) is 5.91 Å². The van der Waals surface area contributed by atoms with Gasteiger partial charge in [0.1, 0.15) is 0 Å². The third-order valence-electron chi connectivity index (χ3n) is 4.59. The Morgan fingerprint density at radius 3 is 2.52 bits per heavy atom. The number of hydrogen-bond donors (Lipinski definition) is 1. The normalized spacial score (nSPS) is 18.5. The van der Waals surface area contributed by atoms with E-state index >= 15 is 0 Å². The highest BCUT2D eigenvalue weighted by atomic mass is 32.2. The number of sulfonamides is 1. The van der Waals surface area contributed by atoms with E-state index in [9.17, 15) is 13.2 Å². The van der Waals surface area contributed by atoms with Crippen molar-refractivity contribution >= 4 is 38.2 Å². The summed E-state index contributed by atoms with van der Waals surface area (Å²) in [5.41, 5.74) is 1.04. The maximum Gasteiger partial charge on any atom is 0.254 e. The van der Waals surface area contributed by atoms with Gasteiger partial charge in [0.15, 0.2) is 15.2 Å². The lowest BCUT2D eigenvalue weighted by Gasteiger charge is -2.34. The lowest BCUT2D eigenvalue weighted by atomic mass is 10.2. The Morgan fingerprint density at radius 1 is 1.19 bits per heavy atom. The molecule has 2 aromatic rings. The Morgan fingerprint density at radius 2 is 1.93 bits per heavy atom. The van der Waals surface area contributed by atoms with Crippen molar-refractivity contribution in [3.05, 3.63) is 24.0 Å². The minimum absolute atomic E-state index is 0.133. The molecule has 0 radical (unpaired) electrons. The van der Waals surface area contributed by atoms with E-state index in [1.807, 2.05) is 17.0 Å². The van der Waals surface area contributed by atoms with Crippen LogP contribution in [0.1, 0.15) is 31.4 Å². The zero-order valence-corrected chi connectivity index (χ0v) is 16.5. The maximum absolute atomic E-state index is 12.8. The van der Waals surface area contributed by atoms with Gasteiger partial charge >= 0.3 is 0 Å². The third kappa shape index (κ3) is 3.94. The molecule has 1 amide bonds. The molecule has 11 heteroatoms. The standard InChI is InChI=1S/C16H20N6O3S2/c1-11(23)18-16-17-10-15(26-16)27(24,25)22-8-6-21(7-9-22)14-5-4-13(19-20-14)12-2-3-12/h4-5,10,12H,2-3,6-9H2,1H3,(H,17,18,23). The monoisotopic (exact) mass is 408 g/mol. The van der Waals surface area contributed by atoms with Gasteiger partial charge in [-0.1, -0.05) is 11.3 Å². The zero-order valence-electron chi connectivity index (χ0n) is 14.8. The van der Waals surface area contributed by atoms with Crippen LogP contribution in [0.15, 0.2) is 22.5 Å². The van der Waals surface area contributed by atoms with Crippen LogP contribution in [0.2, 0.25) is 0 Å². The van der Waals surface area contributed by atoms with Crippen LogP contribution in [-0.4, -0.2) is 60.0 Å². The number of anilines is 2. The van der Waals surface area contributed by atoms with Gasteiger partial charge in [0.25, 0.3) is 10.0 Å². The summed E-state index contributed by atoms with van der Waals surface area (Å²) in [4.78, 5) is 17.1. The van der Waals surface area contributed by atoms with Crippen LogP contribution in [0.3, 0.4) is 0 Å². The summed E-state index contributed by atoms with van der Waals surface area (Å²) in [6.07, 6.45) is 3.66. The van der Waals surface area contributed by atoms with Crippen molar-refractivity contribution in [2.45, 2.75) is 29.9 Å². The van der Waals surface area contributed by atoms with E-state index in [0.29, 0.717) is 32.1 Å². The number of nitrogens with one attached hydrogen (secondary N) is 1. The second-order valence-corrected chi connectivity index (χ2v) is 9.84. The first-order valence-electron chi connectivity index (χ1n) is 8.75. The highest BCUT2D eigenvalue weighted by Crippen LogP contribution is 2.38. The van der Waals surface area contributed by atoms with E-state index in [-0.39, 0.29) is 15.2 Å². The van der Waals surface area contributed by atoms with E-state index in [1.54, 1.807) is 0 Å². The SMILES string of the molecule is CC(=O)Nc1ncc(S(=O)(=O)N2CCN(c3ccc(C4CC4)nn3)CC2)s1. The Labute approximate surface area is 161 Å². The van der Waals surface area contributed by atoms with E-state index < -0.39 is 10.0 Å². The van der Waals surface area contributed by atoms with Gasteiger partial charge in [0.05, 0.1) is 11.9 Å². The van der Waals surface area contributed by atoms with Crippen LogP contribution in [-0.2, 0) is 14.8 Å². The summed E-state index contributed by atoms with van der Waals surface area (Å²) in [5, 5.41) is 11.4. The molecule has 2 fully saturated rings. The summed E-state index contributed by atoms with van der Waals surface area (Å²) in [7, 11) is -3.62. The van der Waals surface area contributed by atoms with Crippen LogP contribution in [0.5, 0.6) is 0 Å². The van der Waals surface area contributed by atoms with Crippen LogP contribution >= 0.6 is 11.3 Å². The van der Waals surface area contributed by atoms with Crippen LogP contribution < -0.4 is 10.2 Å². The molecule has 2 aliphatic rings. The van der Waals surface area contributed by atoms with Crippen molar-refractivity contribution in [1.29, 1.82) is 0 Å². The molecule has 4 rings (SSSR count). The fraction of sp³-hybridized carbons (Fsp3) is 0.500. The van der Waals surface area contributed by atoms with Gasteiger partial charge in [-0.05, 0) is 25.0 Å². The topological polar surface area (TPSA) is 108 Å². The van der Waals surface area contributed by atoms with E-state index in [0.717, 1.165) is 22.8 Å². The second kappa shape index (κ2) is 7.13. The largest absolute Gasteiger partial charge is 0.352 e. The minimum Gasteiger partial charge on any atom is -0.352 e. The Balaban J connectivity index is 1.40. The number of thiazole rings is 1. The molecule has 144 valence electrons. The molecule has 0 aromatic carbocycles. The lowest BCUT2D eigenvalue weighted by molar-refractivity contribution is -0.114. The molecule has 0 spiro atoms. The Kier molecular flexibility index (Phi) is 4.82. The van der Waals surface area contributed by atoms with Crippen molar-refractivity contribution in [3.63, 3.8) is 0 Å². The molecular weight excluding hydrogens is 388 g/mol. The number of hydrogen-bond acceptors (Lipinski definition) is 8. The van der Waals surface area contributed by atoms with Crippen molar-refractivity contribution in [3.8, 4) is 0 Å². The first-order valence-corrected chi connectivity index (χ1v) is 11.0. The summed E-state index contributed by atoms with van der Waals surface area (Å²) in [6, 6.07) is 3.98. The van der Waals surface area contributed by atoms with Crippen molar-refractivity contribution < 1.29 is 13.2 Å². The highest BCUT2D eigenvalue weighted by molar-refractivity contribution is 7.91. The summed E-state index contributed by atoms with van der Waals surface area (Å²) >= 11 is 0.961. The summed E-state index contributed by atoms with van der Waals surface area (Å²) < 4.78 is 27.2. The Hall–Kier alpha value is -2.11. The molecule has 1 N–H and O–H groups in total. The summed E-state index contributed by atoms with van der Waals surface area (Å²) in [5.74, 6) is 1.06. The fourth-order valence-corrected chi connectivity index (χ4v) is 5.63. The number of aromatic nitrogens is 3. The van der Waals surface area contributed by atoms with Crippen LogP contribution in [0, 0.1) is 0 Å². The molecule has 1 saturated carbocycles. The van der Waals surface area contributed by atoms with Crippen molar-refractivity contribution in [2.24, 2.45) is 0 Å². The summed E-state index contributed by atoms with van der Waals surface area (Å²) in [6.45, 7) is 3.18. The predicted octanol–water partition coefficient (Wildman–Crippen LogP) is 1.28. The quantitative estimate of drug-likeness (QED) is 0.794. The van der Waals surface area contributed by atoms with E-state index in [4.69, 9.17) is 0 Å². The molecule has 0 unspecified atom stereocenters. The van der Waals surface area contributed by atoms with Gasteiger partial charge in [-0.15, -0.1) is 5.10 Å². The molecule has 9 nitrogen and oxygen atoms in total. The molecule has 3 heterocycles. The first-order chi connectivity index (χ1) is 12.9. The highest BCUT2D eigenvalue weighted by Gasteiger charge is 2.31. The van der Waals surface area contributed by atoms with Crippen molar-refractivity contribution in [1.82, 2.24) is 19.5 Å². The van der Waals surface area contributed by atoms with Crippen molar-refractivity contribution in [2.75, 3.05) is 36.4 Å². The Bertz CT molecular complexity index is 931. The van der Waals surface area contributed by atoms with E-state index in [2.05, 4.69) is 20.5 Å². The van der Waals surface area contributed by atoms with Crippen LogP contribution in [0.4, 0.5) is 10.9 Å². The molecule has 1 aliphatic heterocycles. The number of nitrogens with zero attached hydrogens (tertiary/aromatic N) is 5. The number of carbonyl (C=O) groups is 1. The molecule has 0 bridgehead atoms. The van der Waals surface area contributed by atoms with Gasteiger partial charge in [-0.2, -0.15) is 9.40 Å². The maximum atomic E-state index is 12.8. The number of carbonyl (C=O) groups excluding carboxylic acids is 1. The molecule has 1 aliphatic carbocycles. The first kappa shape index (κ1) is 18.3. The van der Waals surface area contributed by atoms with Gasteiger partial charge < -0.3 is 10.2 Å². The number of rotatable bonds is 5. The fourth-order valence-electron chi connectivity index (χ4n) is 2.97. The third-order valence-corrected chi connectivity index (χ3v) is 7.84. The smallest absolute Gasteiger partial charge is 0.254 e. The molecule has 27 heavy (non-hydrogen) atoms. The molecule has 1 saturated heterocycles. The molecule has 2 aromatic heterocycles. The minimum atomic E-state index is -3.62. The number of piperazine rings is 1. The predicted molar refractivity (Wildman–Crippen MR) is 101 cm³/mol. The van der Waals surface area contributed by atoms with Gasteiger partial charge in [0, 0.05) is 39.0 Å². The van der Waals surface area contributed by atoms with Gasteiger partial charge in [-0.3, -0.25) is 4.79 Å². The van der Waals surface area contributed by atoms with Crippen LogP contribution in [0.25, 0.3) is 0 Å².